The lowest BCUT2D eigenvalue weighted by molar-refractivity contribution is -0.119. The van der Waals surface area contributed by atoms with Gasteiger partial charge in [0.2, 0.25) is 15.9 Å². The second-order valence-electron chi connectivity index (χ2n) is 8.20. The number of anilines is 1. The van der Waals surface area contributed by atoms with Crippen LogP contribution in [0.15, 0.2) is 72.1 Å². The molecule has 0 radical (unpaired) electrons. The second kappa shape index (κ2) is 8.45. The molecule has 1 aliphatic heterocycles. The van der Waals surface area contributed by atoms with E-state index in [0.29, 0.717) is 31.6 Å². The number of aryl methyl sites for hydroxylation is 1. The molecule has 33 heavy (non-hydrogen) atoms. The van der Waals surface area contributed by atoms with E-state index in [2.05, 4.69) is 15.4 Å². The first-order valence-corrected chi connectivity index (χ1v) is 12.2. The van der Waals surface area contributed by atoms with Gasteiger partial charge in [0.15, 0.2) is 0 Å². The van der Waals surface area contributed by atoms with Crippen molar-refractivity contribution in [3.63, 3.8) is 0 Å². The van der Waals surface area contributed by atoms with Gasteiger partial charge in [0.1, 0.15) is 11.7 Å². The monoisotopic (exact) mass is 464 g/mol. The van der Waals surface area contributed by atoms with Crippen molar-refractivity contribution in [1.82, 2.24) is 23.5 Å². The Morgan fingerprint density at radius 2 is 1.97 bits per heavy atom. The van der Waals surface area contributed by atoms with Crippen LogP contribution in [-0.2, 0) is 21.4 Å². The lowest BCUT2D eigenvalue weighted by Gasteiger charge is -2.23. The highest BCUT2D eigenvalue weighted by atomic mass is 32.2. The number of nitrogens with zero attached hydrogens (tertiary/aromatic N) is 5. The van der Waals surface area contributed by atoms with Crippen LogP contribution in [0.25, 0.3) is 5.65 Å². The number of fused-ring (bicyclic) bond motifs is 1. The van der Waals surface area contributed by atoms with Crippen LogP contribution in [0, 0.1) is 6.92 Å². The SMILES string of the molecule is Cc1ccc(S(=O)(=O)N2CCC[C@H]2C(=O)Nc2cnn(Cc3cn4ccccc4n3)c2)cc1. The third-order valence-electron chi connectivity index (χ3n) is 5.77. The minimum absolute atomic E-state index is 0.202. The number of carbonyl (C=O) groups is 1. The van der Waals surface area contributed by atoms with E-state index in [-0.39, 0.29) is 10.8 Å². The molecule has 9 nitrogen and oxygen atoms in total. The maximum absolute atomic E-state index is 13.1. The zero-order chi connectivity index (χ0) is 23.0. The fourth-order valence-electron chi connectivity index (χ4n) is 4.11. The summed E-state index contributed by atoms with van der Waals surface area (Å²) in [6, 6.07) is 11.7. The Morgan fingerprint density at radius 1 is 1.15 bits per heavy atom. The highest BCUT2D eigenvalue weighted by Crippen LogP contribution is 2.27. The molecule has 0 saturated carbocycles. The van der Waals surface area contributed by atoms with E-state index in [1.807, 2.05) is 41.9 Å². The number of pyridine rings is 1. The maximum atomic E-state index is 13.1. The second-order valence-corrected chi connectivity index (χ2v) is 10.1. The summed E-state index contributed by atoms with van der Waals surface area (Å²) < 4.78 is 31.2. The first-order valence-electron chi connectivity index (χ1n) is 10.7. The molecule has 1 amide bonds. The van der Waals surface area contributed by atoms with Crippen LogP contribution >= 0.6 is 0 Å². The third-order valence-corrected chi connectivity index (χ3v) is 7.69. The number of sulfonamides is 1. The van der Waals surface area contributed by atoms with E-state index in [1.54, 1.807) is 41.3 Å². The smallest absolute Gasteiger partial charge is 0.243 e. The van der Waals surface area contributed by atoms with E-state index in [4.69, 9.17) is 0 Å². The molecule has 1 aliphatic rings. The molecule has 1 fully saturated rings. The molecule has 0 aliphatic carbocycles. The number of aromatic nitrogens is 4. The summed E-state index contributed by atoms with van der Waals surface area (Å²) in [5.74, 6) is -0.351. The molecular weight excluding hydrogens is 440 g/mol. The summed E-state index contributed by atoms with van der Waals surface area (Å²) in [6.45, 7) is 2.67. The summed E-state index contributed by atoms with van der Waals surface area (Å²) in [5.41, 5.74) is 3.19. The topological polar surface area (TPSA) is 102 Å². The van der Waals surface area contributed by atoms with Gasteiger partial charge in [-0.05, 0) is 44.0 Å². The molecule has 0 bridgehead atoms. The van der Waals surface area contributed by atoms with E-state index in [0.717, 1.165) is 16.9 Å². The van der Waals surface area contributed by atoms with Crippen molar-refractivity contribution < 1.29 is 13.2 Å². The van der Waals surface area contributed by atoms with Gasteiger partial charge in [0, 0.05) is 25.1 Å². The normalized spacial score (nSPS) is 16.9. The Hall–Kier alpha value is -3.50. The highest BCUT2D eigenvalue weighted by Gasteiger charge is 2.39. The Kier molecular flexibility index (Phi) is 5.47. The molecular formula is C23H24N6O3S. The van der Waals surface area contributed by atoms with Gasteiger partial charge >= 0.3 is 0 Å². The number of nitrogens with one attached hydrogen (secondary N) is 1. The van der Waals surface area contributed by atoms with Crippen LogP contribution in [0.3, 0.4) is 0 Å². The van der Waals surface area contributed by atoms with Crippen LogP contribution in [-0.4, -0.2) is 50.4 Å². The Labute approximate surface area is 191 Å². The van der Waals surface area contributed by atoms with Crippen molar-refractivity contribution in [2.75, 3.05) is 11.9 Å². The summed E-state index contributed by atoms with van der Waals surface area (Å²) in [4.78, 5) is 17.7. The molecule has 4 aromatic rings. The lowest BCUT2D eigenvalue weighted by atomic mass is 10.2. The lowest BCUT2D eigenvalue weighted by Crippen LogP contribution is -2.43. The van der Waals surface area contributed by atoms with E-state index in [1.165, 1.54) is 4.31 Å². The maximum Gasteiger partial charge on any atom is 0.243 e. The largest absolute Gasteiger partial charge is 0.322 e. The van der Waals surface area contributed by atoms with Gasteiger partial charge in [-0.15, -0.1) is 0 Å². The van der Waals surface area contributed by atoms with Gasteiger partial charge in [-0.2, -0.15) is 9.40 Å². The van der Waals surface area contributed by atoms with Crippen molar-refractivity contribution in [2.45, 2.75) is 37.2 Å². The van der Waals surface area contributed by atoms with Crippen molar-refractivity contribution >= 4 is 27.3 Å². The van der Waals surface area contributed by atoms with Gasteiger partial charge < -0.3 is 9.72 Å². The van der Waals surface area contributed by atoms with E-state index >= 15 is 0 Å². The van der Waals surface area contributed by atoms with Gasteiger partial charge in [-0.3, -0.25) is 9.48 Å². The fraction of sp³-hybridized carbons (Fsp3) is 0.261. The standard InChI is InChI=1S/C23H24N6O3S/c1-17-7-9-20(10-8-17)33(31,32)29-12-4-5-21(29)23(30)26-18-13-24-28(15-18)16-19-14-27-11-3-2-6-22(27)25-19/h2-3,6-11,13-15,21H,4-5,12,16H2,1H3,(H,26,30)/t21-/m0/s1. The number of carbonyl (C=O) groups excluding carboxylic acids is 1. The minimum Gasteiger partial charge on any atom is -0.322 e. The predicted molar refractivity (Wildman–Crippen MR) is 123 cm³/mol. The van der Waals surface area contributed by atoms with Gasteiger partial charge in [0.25, 0.3) is 0 Å². The van der Waals surface area contributed by atoms with Crippen LogP contribution in [0.2, 0.25) is 0 Å². The molecule has 0 unspecified atom stereocenters. The number of hydrogen-bond acceptors (Lipinski definition) is 5. The van der Waals surface area contributed by atoms with Gasteiger partial charge in [-0.25, -0.2) is 13.4 Å². The third kappa shape index (κ3) is 4.27. The molecule has 1 N–H and O–H groups in total. The Morgan fingerprint density at radius 3 is 2.76 bits per heavy atom. The predicted octanol–water partition coefficient (Wildman–Crippen LogP) is 2.68. The van der Waals surface area contributed by atoms with Crippen molar-refractivity contribution in [3.05, 3.63) is 78.5 Å². The van der Waals surface area contributed by atoms with Crippen LogP contribution in [0.1, 0.15) is 24.1 Å². The Balaban J connectivity index is 1.28. The molecule has 1 saturated heterocycles. The Bertz CT molecular complexity index is 1370. The summed E-state index contributed by atoms with van der Waals surface area (Å²) in [6.07, 6.45) is 8.25. The molecule has 3 aromatic heterocycles. The van der Waals surface area contributed by atoms with Crippen molar-refractivity contribution in [1.29, 1.82) is 0 Å². The number of imidazole rings is 1. The average Bonchev–Trinajstić information content (AvgIpc) is 3.53. The first-order chi connectivity index (χ1) is 15.9. The molecule has 0 spiro atoms. The van der Waals surface area contributed by atoms with Crippen LogP contribution in [0.5, 0.6) is 0 Å². The number of amides is 1. The van der Waals surface area contributed by atoms with E-state index in [9.17, 15) is 13.2 Å². The van der Waals surface area contributed by atoms with E-state index < -0.39 is 16.1 Å². The highest BCUT2D eigenvalue weighted by molar-refractivity contribution is 7.89. The zero-order valence-electron chi connectivity index (χ0n) is 18.1. The van der Waals surface area contributed by atoms with Gasteiger partial charge in [-0.1, -0.05) is 23.8 Å². The number of rotatable bonds is 6. The first kappa shape index (κ1) is 21.4. The molecule has 5 rings (SSSR count). The van der Waals surface area contributed by atoms with Crippen molar-refractivity contribution in [3.8, 4) is 0 Å². The number of benzene rings is 1. The molecule has 1 atom stereocenters. The van der Waals surface area contributed by atoms with Crippen LogP contribution in [0.4, 0.5) is 5.69 Å². The average molecular weight is 465 g/mol. The van der Waals surface area contributed by atoms with Gasteiger partial charge in [0.05, 0.1) is 29.0 Å². The molecule has 10 heteroatoms. The summed E-state index contributed by atoms with van der Waals surface area (Å²) in [5, 5.41) is 7.13. The summed E-state index contributed by atoms with van der Waals surface area (Å²) in [7, 11) is -3.75. The molecule has 170 valence electrons. The zero-order valence-corrected chi connectivity index (χ0v) is 18.9. The molecule has 1 aromatic carbocycles. The van der Waals surface area contributed by atoms with Crippen LogP contribution < -0.4 is 5.32 Å². The summed E-state index contributed by atoms with van der Waals surface area (Å²) >= 11 is 0. The van der Waals surface area contributed by atoms with Crippen molar-refractivity contribution in [2.24, 2.45) is 0 Å². The quantitative estimate of drug-likeness (QED) is 0.473. The molecule has 4 heterocycles. The minimum atomic E-state index is -3.75. The number of hydrogen-bond donors (Lipinski definition) is 1. The fourth-order valence-corrected chi connectivity index (χ4v) is 5.76.